The van der Waals surface area contributed by atoms with E-state index in [1.54, 1.807) is 13.0 Å². The summed E-state index contributed by atoms with van der Waals surface area (Å²) in [6.07, 6.45) is 10.9. The number of hydrogen-bond donors (Lipinski definition) is 6. The number of nitrogens with one attached hydrogen (secondary N) is 5. The number of carbonyl (C=O) groups is 4. The zero-order chi connectivity index (χ0) is 50.1. The number of ether oxygens (including phenoxy) is 3. The van der Waals surface area contributed by atoms with Crippen LogP contribution in [0.2, 0.25) is 0 Å². The third-order valence-corrected chi connectivity index (χ3v) is 12.4. The molecule has 0 saturated carbocycles. The minimum absolute atomic E-state index is 0.0179. The first-order chi connectivity index (χ1) is 32.9. The number of imide groups is 3. The van der Waals surface area contributed by atoms with Gasteiger partial charge in [0.1, 0.15) is 11.5 Å². The number of carboxylic acids is 1. The molecule has 1 fully saturated rings. The van der Waals surface area contributed by atoms with Crippen molar-refractivity contribution in [1.82, 2.24) is 10.3 Å². The van der Waals surface area contributed by atoms with E-state index < -0.39 is 55.1 Å². The monoisotopic (exact) mass is 996 g/mol. The fraction of sp³-hybridized carbons (Fsp3) is 0.378. The average molecular weight is 997 g/mol. The summed E-state index contributed by atoms with van der Waals surface area (Å²) >= 11 is 0. The van der Waals surface area contributed by atoms with E-state index in [1.807, 2.05) is 0 Å². The van der Waals surface area contributed by atoms with E-state index in [0.717, 1.165) is 48.6 Å². The number of hydrazine groups is 1. The number of anilines is 5. The van der Waals surface area contributed by atoms with Gasteiger partial charge in [-0.2, -0.15) is 4.90 Å². The minimum atomic E-state index is -4.36. The summed E-state index contributed by atoms with van der Waals surface area (Å²) in [6.45, 7) is 3.91. The lowest BCUT2D eigenvalue weighted by molar-refractivity contribution is -0.384. The van der Waals surface area contributed by atoms with Crippen molar-refractivity contribution < 1.29 is 60.3 Å². The van der Waals surface area contributed by atoms with Crippen LogP contribution < -0.4 is 40.0 Å². The first kappa shape index (κ1) is 52.8. The van der Waals surface area contributed by atoms with E-state index in [2.05, 4.69) is 32.5 Å². The maximum Gasteiger partial charge on any atom is 0.351 e. The van der Waals surface area contributed by atoms with Gasteiger partial charge in [-0.15, -0.1) is 0 Å². The molecule has 24 heteroatoms. The Labute approximate surface area is 399 Å². The minimum Gasteiger partial charge on any atom is -0.491 e. The van der Waals surface area contributed by atoms with Crippen molar-refractivity contribution in [2.24, 2.45) is 0 Å². The number of non-ortho nitro benzene ring substituents is 1. The molecule has 4 aromatic rings. The lowest BCUT2D eigenvalue weighted by Gasteiger charge is -2.21. The van der Waals surface area contributed by atoms with Gasteiger partial charge in [0.15, 0.2) is 6.73 Å². The summed E-state index contributed by atoms with van der Waals surface area (Å²) in [5.41, 5.74) is 4.15. The first-order valence-electron chi connectivity index (χ1n) is 22.1. The molecule has 0 spiro atoms. The molecule has 1 aliphatic heterocycles. The summed E-state index contributed by atoms with van der Waals surface area (Å²) in [7, 11) is -8.39. The van der Waals surface area contributed by atoms with E-state index in [9.17, 15) is 51.2 Å². The van der Waals surface area contributed by atoms with Gasteiger partial charge in [-0.25, -0.2) is 31.2 Å². The Hall–Kier alpha value is -7.18. The number of benzene rings is 4. The van der Waals surface area contributed by atoms with Gasteiger partial charge in [-0.05, 0) is 74.0 Å². The highest BCUT2D eigenvalue weighted by molar-refractivity contribution is 7.92. The van der Waals surface area contributed by atoms with Crippen molar-refractivity contribution in [3.63, 3.8) is 0 Å². The van der Waals surface area contributed by atoms with Gasteiger partial charge < -0.3 is 24.6 Å². The highest BCUT2D eigenvalue weighted by Gasteiger charge is 2.50. The quantitative estimate of drug-likeness (QED) is 0.0103. The molecule has 1 atom stereocenters. The fourth-order valence-corrected chi connectivity index (χ4v) is 8.67. The van der Waals surface area contributed by atoms with Gasteiger partial charge in [0, 0.05) is 30.5 Å². The molecule has 6 N–H and O–H groups in total. The molecule has 5 rings (SSSR count). The highest BCUT2D eigenvalue weighted by Crippen LogP contribution is 2.32. The van der Waals surface area contributed by atoms with E-state index in [-0.39, 0.29) is 62.9 Å². The largest absolute Gasteiger partial charge is 0.491 e. The zero-order valence-corrected chi connectivity index (χ0v) is 39.9. The van der Waals surface area contributed by atoms with E-state index in [1.165, 1.54) is 106 Å². The number of amides is 5. The lowest BCUT2D eigenvalue weighted by atomic mass is 10.1. The van der Waals surface area contributed by atoms with Crippen LogP contribution in [0, 0.1) is 10.1 Å². The Bertz CT molecular complexity index is 2690. The van der Waals surface area contributed by atoms with Crippen molar-refractivity contribution in [3.05, 3.63) is 101 Å². The Morgan fingerprint density at radius 1 is 0.783 bits per heavy atom. The Balaban J connectivity index is 1.21. The molecule has 4 aromatic carbocycles. The summed E-state index contributed by atoms with van der Waals surface area (Å²) in [5, 5.41) is 23.7. The van der Waals surface area contributed by atoms with E-state index in [4.69, 9.17) is 14.2 Å². The van der Waals surface area contributed by atoms with Crippen LogP contribution in [0.4, 0.5) is 43.7 Å². The molecular weight excluding hydrogens is 941 g/mol. The SMILES string of the molecule is CCCCCCCCCCCCOc1ccc(C(=O)O)cc1NCOc1cccc(S(=O)(=O)Nc2ccc(NNC(=O)N3C(=O)C(OCC)N(c4ccc([N+](=O)[O-])cc4)C3=O)c(NS(C)(=O)=O)c2)c1. The van der Waals surface area contributed by atoms with Crippen molar-refractivity contribution in [2.75, 3.05) is 51.3 Å². The van der Waals surface area contributed by atoms with Crippen LogP contribution in [0.3, 0.4) is 0 Å². The Kier molecular flexibility index (Phi) is 18.9. The molecule has 0 bridgehead atoms. The average Bonchev–Trinajstić information content (AvgIpc) is 3.55. The molecule has 22 nitrogen and oxygen atoms in total. The molecule has 1 unspecified atom stereocenters. The smallest absolute Gasteiger partial charge is 0.351 e. The number of carbonyl (C=O) groups excluding carboxylic acids is 3. The van der Waals surface area contributed by atoms with Crippen molar-refractivity contribution >= 4 is 78.1 Å². The van der Waals surface area contributed by atoms with Gasteiger partial charge in [0.05, 0.1) is 51.0 Å². The maximum absolute atomic E-state index is 13.6. The summed E-state index contributed by atoms with van der Waals surface area (Å²) in [6, 6.07) is 15.6. The van der Waals surface area contributed by atoms with Crippen LogP contribution in [-0.2, 0) is 29.6 Å². The highest BCUT2D eigenvalue weighted by atomic mass is 32.2. The second-order valence-electron chi connectivity index (χ2n) is 15.7. The van der Waals surface area contributed by atoms with Crippen molar-refractivity contribution in [1.29, 1.82) is 0 Å². The molecule has 1 aliphatic rings. The molecular formula is C45H56N8O14S2. The summed E-state index contributed by atoms with van der Waals surface area (Å²) < 4.78 is 73.8. The van der Waals surface area contributed by atoms with Crippen LogP contribution in [-0.4, -0.2) is 88.1 Å². The van der Waals surface area contributed by atoms with E-state index >= 15 is 0 Å². The van der Waals surface area contributed by atoms with Crippen molar-refractivity contribution in [3.8, 4) is 11.5 Å². The summed E-state index contributed by atoms with van der Waals surface area (Å²) in [5.74, 6) is -1.68. The van der Waals surface area contributed by atoms with Gasteiger partial charge in [-0.1, -0.05) is 70.8 Å². The van der Waals surface area contributed by atoms with Crippen LogP contribution in [0.5, 0.6) is 11.5 Å². The number of carboxylic acid groups (broad SMARTS) is 1. The van der Waals surface area contributed by atoms with Crippen molar-refractivity contribution in [2.45, 2.75) is 89.2 Å². The third-order valence-electron chi connectivity index (χ3n) is 10.4. The van der Waals surface area contributed by atoms with Crippen LogP contribution >= 0.6 is 0 Å². The van der Waals surface area contributed by atoms with Gasteiger partial charge in [-0.3, -0.25) is 40.1 Å². The molecule has 1 saturated heterocycles. The molecule has 0 radical (unpaired) electrons. The first-order valence-corrected chi connectivity index (χ1v) is 25.5. The Morgan fingerprint density at radius 3 is 2.10 bits per heavy atom. The predicted octanol–water partition coefficient (Wildman–Crippen LogP) is 8.08. The number of urea groups is 2. The molecule has 0 aromatic heterocycles. The fourth-order valence-electron chi connectivity index (χ4n) is 7.01. The number of aromatic carboxylic acids is 1. The normalized spacial score (nSPS) is 13.8. The van der Waals surface area contributed by atoms with Gasteiger partial charge in [0.25, 0.3) is 21.6 Å². The predicted molar refractivity (Wildman–Crippen MR) is 257 cm³/mol. The second kappa shape index (κ2) is 24.7. The van der Waals surface area contributed by atoms with Gasteiger partial charge >= 0.3 is 18.0 Å². The van der Waals surface area contributed by atoms with Crippen LogP contribution in [0.25, 0.3) is 0 Å². The number of hydrogen-bond acceptors (Lipinski definition) is 15. The number of nitro benzene ring substituents is 1. The number of nitrogens with zero attached hydrogens (tertiary/aromatic N) is 3. The van der Waals surface area contributed by atoms with Crippen LogP contribution in [0.15, 0.2) is 89.8 Å². The molecule has 1 heterocycles. The van der Waals surface area contributed by atoms with E-state index in [0.29, 0.717) is 18.0 Å². The lowest BCUT2D eigenvalue weighted by Crippen LogP contribution is -2.46. The molecule has 5 amide bonds. The molecule has 372 valence electrons. The maximum atomic E-state index is 13.6. The van der Waals surface area contributed by atoms with Crippen LogP contribution in [0.1, 0.15) is 88.4 Å². The Morgan fingerprint density at radius 2 is 1.46 bits per heavy atom. The summed E-state index contributed by atoms with van der Waals surface area (Å²) in [4.78, 5) is 63.1. The standard InChI is InChI=1S/C45H56N8O14S2/c1-4-6-7-8-9-10-11-12-13-14-26-66-40-25-18-31(43(55)56)27-39(40)46-30-67-35-16-15-17-36(29-35)69(63,64)49-32-19-24-37(38(28-32)50-68(3,61)62)47-48-44(57)52-41(54)42(65-5-2)51(45(52)58)33-20-22-34(23-21-33)53(59)60/h15-25,27-29,42,46-47,49-50H,4-14,26,30H2,1-3H3,(H,48,57)(H,55,56). The number of unbranched alkanes of at least 4 members (excludes halogenated alkanes) is 9. The third kappa shape index (κ3) is 15.2. The molecule has 0 aliphatic carbocycles. The molecule has 69 heavy (non-hydrogen) atoms. The zero-order valence-electron chi connectivity index (χ0n) is 38.3. The van der Waals surface area contributed by atoms with Gasteiger partial charge in [0.2, 0.25) is 16.3 Å². The second-order valence-corrected chi connectivity index (χ2v) is 19.1. The number of rotatable bonds is 28. The number of nitro groups is 1. The number of sulfonamides is 2. The topological polar surface area (TPSA) is 294 Å².